The molecule has 5 heteroatoms. The minimum Gasteiger partial charge on any atom is -0.481 e. The second-order valence-electron chi connectivity index (χ2n) is 3.92. The van der Waals surface area contributed by atoms with E-state index in [9.17, 15) is 4.79 Å². The molecule has 0 aromatic carbocycles. The standard InChI is InChI=1S/C11H16N2O2S/c14-11(15)3-4-12-5-7-13(8-6-12)10-2-1-9-16-10/h1-2,9H,3-8H2,(H,14,15). The minimum absolute atomic E-state index is 0.249. The fourth-order valence-electron chi connectivity index (χ4n) is 1.90. The third-order valence-corrected chi connectivity index (χ3v) is 3.76. The molecular weight excluding hydrogens is 224 g/mol. The zero-order valence-electron chi connectivity index (χ0n) is 9.13. The van der Waals surface area contributed by atoms with Crippen molar-refractivity contribution in [3.8, 4) is 0 Å². The number of anilines is 1. The van der Waals surface area contributed by atoms with Gasteiger partial charge in [-0.2, -0.15) is 0 Å². The van der Waals surface area contributed by atoms with E-state index in [1.54, 1.807) is 11.3 Å². The van der Waals surface area contributed by atoms with Crippen LogP contribution in [0.2, 0.25) is 0 Å². The molecule has 1 aliphatic rings. The quantitative estimate of drug-likeness (QED) is 0.862. The molecule has 0 radical (unpaired) electrons. The van der Waals surface area contributed by atoms with E-state index in [1.165, 1.54) is 5.00 Å². The van der Waals surface area contributed by atoms with Crippen LogP contribution in [0.25, 0.3) is 0 Å². The van der Waals surface area contributed by atoms with Gasteiger partial charge in [0.1, 0.15) is 0 Å². The normalized spacial score (nSPS) is 17.6. The molecule has 88 valence electrons. The van der Waals surface area contributed by atoms with Gasteiger partial charge in [-0.15, -0.1) is 11.3 Å². The fourth-order valence-corrected chi connectivity index (χ4v) is 2.68. The molecule has 2 rings (SSSR count). The molecule has 0 unspecified atom stereocenters. The highest BCUT2D eigenvalue weighted by Gasteiger charge is 2.17. The average Bonchev–Trinajstić information content (AvgIpc) is 2.80. The predicted octanol–water partition coefficient (Wildman–Crippen LogP) is 1.34. The first-order chi connectivity index (χ1) is 7.75. The van der Waals surface area contributed by atoms with Gasteiger partial charge >= 0.3 is 5.97 Å². The van der Waals surface area contributed by atoms with Crippen LogP contribution in [0.1, 0.15) is 6.42 Å². The lowest BCUT2D eigenvalue weighted by atomic mass is 10.3. The molecular formula is C11H16N2O2S. The summed E-state index contributed by atoms with van der Waals surface area (Å²) in [6, 6.07) is 4.20. The third kappa shape index (κ3) is 2.96. The fraction of sp³-hybridized carbons (Fsp3) is 0.545. The number of rotatable bonds is 4. The second kappa shape index (κ2) is 5.32. The van der Waals surface area contributed by atoms with E-state index in [1.807, 2.05) is 0 Å². The lowest BCUT2D eigenvalue weighted by molar-refractivity contribution is -0.137. The maximum atomic E-state index is 10.5. The first-order valence-corrected chi connectivity index (χ1v) is 6.36. The summed E-state index contributed by atoms with van der Waals surface area (Å²) in [4.78, 5) is 15.0. The number of aliphatic carboxylic acids is 1. The molecule has 1 aromatic rings. The Balaban J connectivity index is 1.76. The van der Waals surface area contributed by atoms with Crippen molar-refractivity contribution in [2.45, 2.75) is 6.42 Å². The van der Waals surface area contributed by atoms with Gasteiger partial charge in [0.15, 0.2) is 0 Å². The predicted molar refractivity (Wildman–Crippen MR) is 65.2 cm³/mol. The Morgan fingerprint density at radius 2 is 2.12 bits per heavy atom. The number of hydrogen-bond donors (Lipinski definition) is 1. The van der Waals surface area contributed by atoms with Crippen molar-refractivity contribution >= 4 is 22.3 Å². The van der Waals surface area contributed by atoms with E-state index >= 15 is 0 Å². The molecule has 0 bridgehead atoms. The molecule has 16 heavy (non-hydrogen) atoms. The Bertz CT molecular complexity index is 332. The zero-order chi connectivity index (χ0) is 11.4. The van der Waals surface area contributed by atoms with Crippen molar-refractivity contribution in [2.75, 3.05) is 37.6 Å². The largest absolute Gasteiger partial charge is 0.481 e. The zero-order valence-corrected chi connectivity index (χ0v) is 9.95. The highest BCUT2D eigenvalue weighted by molar-refractivity contribution is 7.14. The van der Waals surface area contributed by atoms with E-state index in [-0.39, 0.29) is 6.42 Å². The minimum atomic E-state index is -0.708. The van der Waals surface area contributed by atoms with E-state index < -0.39 is 5.97 Å². The summed E-state index contributed by atoms with van der Waals surface area (Å²) in [5, 5.41) is 12.0. The van der Waals surface area contributed by atoms with Crippen molar-refractivity contribution in [1.82, 2.24) is 4.90 Å². The number of carboxylic acid groups (broad SMARTS) is 1. The molecule has 1 aromatic heterocycles. The van der Waals surface area contributed by atoms with E-state index in [0.717, 1.165) is 26.2 Å². The average molecular weight is 240 g/mol. The van der Waals surface area contributed by atoms with Crippen molar-refractivity contribution in [1.29, 1.82) is 0 Å². The van der Waals surface area contributed by atoms with Crippen molar-refractivity contribution in [3.05, 3.63) is 17.5 Å². The highest BCUT2D eigenvalue weighted by Crippen LogP contribution is 2.22. The number of thiophene rings is 1. The molecule has 0 amide bonds. The Morgan fingerprint density at radius 3 is 2.69 bits per heavy atom. The van der Waals surface area contributed by atoms with Gasteiger partial charge in [0, 0.05) is 32.7 Å². The van der Waals surface area contributed by atoms with Crippen LogP contribution >= 0.6 is 11.3 Å². The SMILES string of the molecule is O=C(O)CCN1CCN(c2cccs2)CC1. The maximum Gasteiger partial charge on any atom is 0.304 e. The van der Waals surface area contributed by atoms with Gasteiger partial charge in [0.25, 0.3) is 0 Å². The van der Waals surface area contributed by atoms with Crippen LogP contribution in [0.4, 0.5) is 5.00 Å². The van der Waals surface area contributed by atoms with Crippen molar-refractivity contribution < 1.29 is 9.90 Å². The molecule has 0 saturated carbocycles. The number of piperazine rings is 1. The monoisotopic (exact) mass is 240 g/mol. The molecule has 0 atom stereocenters. The first-order valence-electron chi connectivity index (χ1n) is 5.48. The lowest BCUT2D eigenvalue weighted by Gasteiger charge is -2.34. The summed E-state index contributed by atoms with van der Waals surface area (Å²) in [5.41, 5.74) is 0. The van der Waals surface area contributed by atoms with E-state index in [2.05, 4.69) is 27.3 Å². The Morgan fingerprint density at radius 1 is 1.38 bits per heavy atom. The topological polar surface area (TPSA) is 43.8 Å². The summed E-state index contributed by atoms with van der Waals surface area (Å²) in [6.07, 6.45) is 0.249. The van der Waals surface area contributed by atoms with Gasteiger partial charge < -0.3 is 10.0 Å². The van der Waals surface area contributed by atoms with Gasteiger partial charge in [0.05, 0.1) is 11.4 Å². The highest BCUT2D eigenvalue weighted by atomic mass is 32.1. The van der Waals surface area contributed by atoms with Gasteiger partial charge in [0.2, 0.25) is 0 Å². The summed E-state index contributed by atoms with van der Waals surface area (Å²) in [6.45, 7) is 4.60. The number of hydrogen-bond acceptors (Lipinski definition) is 4. The Hall–Kier alpha value is -1.07. The smallest absolute Gasteiger partial charge is 0.304 e. The molecule has 2 heterocycles. The lowest BCUT2D eigenvalue weighted by Crippen LogP contribution is -2.46. The summed E-state index contributed by atoms with van der Waals surface area (Å²) in [5.74, 6) is -0.708. The number of carboxylic acids is 1. The van der Waals surface area contributed by atoms with Crippen LogP contribution in [0.5, 0.6) is 0 Å². The van der Waals surface area contributed by atoms with Crippen LogP contribution in [-0.2, 0) is 4.79 Å². The Kier molecular flexibility index (Phi) is 3.79. The van der Waals surface area contributed by atoms with E-state index in [0.29, 0.717) is 6.54 Å². The van der Waals surface area contributed by atoms with Gasteiger partial charge in [-0.25, -0.2) is 0 Å². The molecule has 1 saturated heterocycles. The van der Waals surface area contributed by atoms with Gasteiger partial charge in [-0.1, -0.05) is 0 Å². The maximum absolute atomic E-state index is 10.5. The van der Waals surface area contributed by atoms with Crippen molar-refractivity contribution in [3.63, 3.8) is 0 Å². The van der Waals surface area contributed by atoms with Crippen LogP contribution in [-0.4, -0.2) is 48.7 Å². The van der Waals surface area contributed by atoms with Crippen LogP contribution in [0.3, 0.4) is 0 Å². The molecule has 0 aliphatic carbocycles. The van der Waals surface area contributed by atoms with E-state index in [4.69, 9.17) is 5.11 Å². The molecule has 1 fully saturated rings. The molecule has 0 spiro atoms. The summed E-state index contributed by atoms with van der Waals surface area (Å²) in [7, 11) is 0. The van der Waals surface area contributed by atoms with Crippen molar-refractivity contribution in [2.24, 2.45) is 0 Å². The summed E-state index contributed by atoms with van der Waals surface area (Å²) >= 11 is 1.76. The molecule has 4 nitrogen and oxygen atoms in total. The van der Waals surface area contributed by atoms with Crippen LogP contribution < -0.4 is 4.90 Å². The molecule has 1 aliphatic heterocycles. The Labute approximate surface area is 99.1 Å². The first kappa shape index (κ1) is 11.4. The molecule has 1 N–H and O–H groups in total. The second-order valence-corrected chi connectivity index (χ2v) is 4.85. The van der Waals surface area contributed by atoms with Gasteiger partial charge in [-0.05, 0) is 17.5 Å². The number of nitrogens with zero attached hydrogens (tertiary/aromatic N) is 2. The van der Waals surface area contributed by atoms with Crippen LogP contribution in [0, 0.1) is 0 Å². The van der Waals surface area contributed by atoms with Crippen LogP contribution in [0.15, 0.2) is 17.5 Å². The third-order valence-electron chi connectivity index (χ3n) is 2.83. The summed E-state index contributed by atoms with van der Waals surface area (Å²) < 4.78 is 0. The van der Waals surface area contributed by atoms with Gasteiger partial charge in [-0.3, -0.25) is 9.69 Å². The number of carbonyl (C=O) groups is 1.